The molecule has 1 aromatic heterocycles. The molecule has 1 aromatic rings. The summed E-state index contributed by atoms with van der Waals surface area (Å²) < 4.78 is 15.2. The molecule has 0 aromatic carbocycles. The molecule has 7 heteroatoms. The summed E-state index contributed by atoms with van der Waals surface area (Å²) in [4.78, 5) is 3.85. The van der Waals surface area contributed by atoms with Crippen LogP contribution in [0.15, 0.2) is 10.9 Å². The zero-order valence-electron chi connectivity index (χ0n) is 11.4. The van der Waals surface area contributed by atoms with Gasteiger partial charge < -0.3 is 24.4 Å². The largest absolute Gasteiger partial charge is 0.389 e. The number of ether oxygens (including phenoxy) is 2. The first-order valence-corrected chi connectivity index (χ1v) is 6.62. The van der Waals surface area contributed by atoms with Crippen molar-refractivity contribution in [2.75, 3.05) is 33.0 Å². The molecule has 0 radical (unpaired) electrons. The quantitative estimate of drug-likeness (QED) is 0.531. The lowest BCUT2D eigenvalue weighted by molar-refractivity contribution is 0.00380. The van der Waals surface area contributed by atoms with Gasteiger partial charge in [0.15, 0.2) is 5.82 Å². The summed E-state index contributed by atoms with van der Waals surface area (Å²) in [6.07, 6.45) is 2.92. The van der Waals surface area contributed by atoms with Crippen molar-refractivity contribution in [3.05, 3.63) is 12.2 Å². The Morgan fingerprint density at radius 2 is 2.21 bits per heavy atom. The van der Waals surface area contributed by atoms with Gasteiger partial charge in [-0.15, -0.1) is 0 Å². The highest BCUT2D eigenvalue weighted by molar-refractivity contribution is 4.76. The molecule has 0 fully saturated rings. The molecule has 0 saturated heterocycles. The molecule has 1 atom stereocenters. The van der Waals surface area contributed by atoms with Gasteiger partial charge in [0, 0.05) is 13.2 Å². The molecule has 0 aliphatic carbocycles. The van der Waals surface area contributed by atoms with E-state index in [1.54, 1.807) is 0 Å². The fourth-order valence-electron chi connectivity index (χ4n) is 1.37. The van der Waals surface area contributed by atoms with Crippen LogP contribution < -0.4 is 5.32 Å². The number of unbranched alkanes of at least 4 members (excludes halogenated alkanes) is 1. The van der Waals surface area contributed by atoms with Crippen molar-refractivity contribution in [2.45, 2.75) is 32.4 Å². The normalized spacial score (nSPS) is 12.7. The Morgan fingerprint density at radius 1 is 1.37 bits per heavy atom. The van der Waals surface area contributed by atoms with Crippen LogP contribution in [0.5, 0.6) is 0 Å². The Balaban J connectivity index is 1.86. The van der Waals surface area contributed by atoms with Crippen molar-refractivity contribution in [3.63, 3.8) is 0 Å². The van der Waals surface area contributed by atoms with Gasteiger partial charge in [0.25, 0.3) is 0 Å². The summed E-state index contributed by atoms with van der Waals surface area (Å²) in [5, 5.41) is 16.3. The molecule has 1 unspecified atom stereocenters. The van der Waals surface area contributed by atoms with Crippen molar-refractivity contribution < 1.29 is 19.1 Å². The summed E-state index contributed by atoms with van der Waals surface area (Å²) in [6, 6.07) is 0. The van der Waals surface area contributed by atoms with Crippen molar-refractivity contribution in [1.29, 1.82) is 0 Å². The molecule has 0 bridgehead atoms. The molecule has 0 aliphatic heterocycles. The summed E-state index contributed by atoms with van der Waals surface area (Å²) in [5.74, 6) is 0.567. The molecular weight excluding hydrogens is 250 g/mol. The highest BCUT2D eigenvalue weighted by Gasteiger charge is 2.05. The van der Waals surface area contributed by atoms with E-state index in [1.807, 2.05) is 0 Å². The average molecular weight is 273 g/mol. The van der Waals surface area contributed by atoms with Crippen LogP contribution in [0.2, 0.25) is 0 Å². The molecular formula is C12H23N3O4. The number of aliphatic hydroxyl groups excluding tert-OH is 1. The molecule has 19 heavy (non-hydrogen) atoms. The van der Waals surface area contributed by atoms with Crippen LogP contribution in [-0.2, 0) is 16.0 Å². The maximum absolute atomic E-state index is 9.63. The molecule has 7 nitrogen and oxygen atoms in total. The first-order valence-electron chi connectivity index (χ1n) is 6.62. The van der Waals surface area contributed by atoms with Gasteiger partial charge >= 0.3 is 0 Å². The molecule has 0 spiro atoms. The highest BCUT2D eigenvalue weighted by Crippen LogP contribution is 1.90. The van der Waals surface area contributed by atoms with E-state index in [0.29, 0.717) is 32.1 Å². The molecule has 2 N–H and O–H groups in total. The number of nitrogens with zero attached hydrogens (tertiary/aromatic N) is 2. The van der Waals surface area contributed by atoms with Gasteiger partial charge in [-0.1, -0.05) is 18.5 Å². The van der Waals surface area contributed by atoms with Crippen LogP contribution in [0.25, 0.3) is 0 Å². The van der Waals surface area contributed by atoms with Gasteiger partial charge in [0.2, 0.25) is 6.39 Å². The van der Waals surface area contributed by atoms with Gasteiger partial charge in [-0.3, -0.25) is 0 Å². The average Bonchev–Trinajstić information content (AvgIpc) is 2.91. The Morgan fingerprint density at radius 3 is 2.95 bits per heavy atom. The van der Waals surface area contributed by atoms with E-state index in [-0.39, 0.29) is 6.61 Å². The van der Waals surface area contributed by atoms with Crippen molar-refractivity contribution >= 4 is 0 Å². The summed E-state index contributed by atoms with van der Waals surface area (Å²) in [7, 11) is 0. The first kappa shape index (κ1) is 16.0. The minimum absolute atomic E-state index is 0.288. The third kappa shape index (κ3) is 8.66. The van der Waals surface area contributed by atoms with Crippen molar-refractivity contribution in [3.8, 4) is 0 Å². The second-order valence-corrected chi connectivity index (χ2v) is 4.17. The lowest BCUT2D eigenvalue weighted by Gasteiger charge is -2.11. The van der Waals surface area contributed by atoms with Crippen LogP contribution in [0.3, 0.4) is 0 Å². The molecule has 110 valence electrons. The van der Waals surface area contributed by atoms with E-state index in [0.717, 1.165) is 19.4 Å². The maximum atomic E-state index is 9.63. The SMILES string of the molecule is CCCCOCCOCC(O)CNCc1ncon1. The van der Waals surface area contributed by atoms with E-state index >= 15 is 0 Å². The third-order valence-electron chi connectivity index (χ3n) is 2.39. The van der Waals surface area contributed by atoms with Crippen molar-refractivity contribution in [1.82, 2.24) is 15.5 Å². The molecule has 1 heterocycles. The van der Waals surface area contributed by atoms with Gasteiger partial charge in [-0.05, 0) is 6.42 Å². The van der Waals surface area contributed by atoms with Crippen LogP contribution in [0, 0.1) is 0 Å². The van der Waals surface area contributed by atoms with Crippen LogP contribution in [0.1, 0.15) is 25.6 Å². The van der Waals surface area contributed by atoms with Crippen LogP contribution in [0.4, 0.5) is 0 Å². The lowest BCUT2D eigenvalue weighted by Crippen LogP contribution is -2.30. The summed E-state index contributed by atoms with van der Waals surface area (Å²) in [5.41, 5.74) is 0. The van der Waals surface area contributed by atoms with E-state index in [2.05, 4.69) is 26.9 Å². The standard InChI is InChI=1S/C12H23N3O4/c1-2-3-4-17-5-6-18-9-11(16)7-13-8-12-14-10-19-15-12/h10-11,13,16H,2-9H2,1H3. The number of rotatable bonds is 12. The predicted molar refractivity (Wildman–Crippen MR) is 68.6 cm³/mol. The minimum Gasteiger partial charge on any atom is -0.389 e. The molecule has 0 aliphatic rings. The fraction of sp³-hybridized carbons (Fsp3) is 0.833. The van der Waals surface area contributed by atoms with Gasteiger partial charge in [-0.25, -0.2) is 0 Å². The smallest absolute Gasteiger partial charge is 0.213 e. The number of aliphatic hydroxyl groups is 1. The number of hydrogen-bond donors (Lipinski definition) is 2. The summed E-state index contributed by atoms with van der Waals surface area (Å²) in [6.45, 7) is 5.15. The van der Waals surface area contributed by atoms with E-state index in [1.165, 1.54) is 6.39 Å². The molecule has 1 rings (SSSR count). The Bertz CT molecular complexity index is 295. The maximum Gasteiger partial charge on any atom is 0.213 e. The van der Waals surface area contributed by atoms with E-state index < -0.39 is 6.10 Å². The molecule has 0 amide bonds. The number of aromatic nitrogens is 2. The van der Waals surface area contributed by atoms with Gasteiger partial charge in [-0.2, -0.15) is 4.98 Å². The zero-order valence-corrected chi connectivity index (χ0v) is 11.4. The van der Waals surface area contributed by atoms with E-state index in [4.69, 9.17) is 9.47 Å². The third-order valence-corrected chi connectivity index (χ3v) is 2.39. The Labute approximate surface area is 113 Å². The number of nitrogens with one attached hydrogen (secondary N) is 1. The fourth-order valence-corrected chi connectivity index (χ4v) is 1.37. The molecule has 0 saturated carbocycles. The monoisotopic (exact) mass is 273 g/mol. The second-order valence-electron chi connectivity index (χ2n) is 4.17. The lowest BCUT2D eigenvalue weighted by atomic mass is 10.3. The number of hydrogen-bond acceptors (Lipinski definition) is 7. The topological polar surface area (TPSA) is 89.6 Å². The first-order chi connectivity index (χ1) is 9.33. The summed E-state index contributed by atoms with van der Waals surface area (Å²) >= 11 is 0. The van der Waals surface area contributed by atoms with Gasteiger partial charge in [0.05, 0.1) is 32.5 Å². The predicted octanol–water partition coefficient (Wildman–Crippen LogP) is 0.353. The Kier molecular flexibility index (Phi) is 9.17. The highest BCUT2D eigenvalue weighted by atomic mass is 16.5. The Hall–Kier alpha value is -1.02. The van der Waals surface area contributed by atoms with E-state index in [9.17, 15) is 5.11 Å². The van der Waals surface area contributed by atoms with Gasteiger partial charge in [0.1, 0.15) is 0 Å². The van der Waals surface area contributed by atoms with Crippen LogP contribution in [-0.4, -0.2) is 54.3 Å². The van der Waals surface area contributed by atoms with Crippen LogP contribution >= 0.6 is 0 Å². The zero-order chi connectivity index (χ0) is 13.8. The minimum atomic E-state index is -0.553. The second kappa shape index (κ2) is 10.9. The van der Waals surface area contributed by atoms with Crippen molar-refractivity contribution in [2.24, 2.45) is 0 Å².